The van der Waals surface area contributed by atoms with Gasteiger partial charge in [0.25, 0.3) is 0 Å². The van der Waals surface area contributed by atoms with E-state index in [4.69, 9.17) is 0 Å². The van der Waals surface area contributed by atoms with Gasteiger partial charge in [0.05, 0.1) is 0 Å². The van der Waals surface area contributed by atoms with Gasteiger partial charge in [0, 0.05) is 0 Å². The summed E-state index contributed by atoms with van der Waals surface area (Å²) in [7, 11) is 2.80. The normalized spacial score (nSPS) is 10.8. The smallest absolute Gasteiger partial charge is 0.0216 e. The first-order chi connectivity index (χ1) is 5.52. The molecule has 0 bridgehead atoms. The fourth-order valence-corrected chi connectivity index (χ4v) is 1.94. The average Bonchev–Trinajstić information content (AvgIpc) is 1.96. The van der Waals surface area contributed by atoms with Crippen molar-refractivity contribution in [3.8, 4) is 0 Å². The van der Waals surface area contributed by atoms with E-state index in [-0.39, 0.29) is 0 Å². The molecule has 1 rings (SSSR count). The lowest BCUT2D eigenvalue weighted by molar-refractivity contribution is 0.857. The lowest BCUT2D eigenvalue weighted by Crippen LogP contribution is -2.04. The summed E-state index contributed by atoms with van der Waals surface area (Å²) in [4.78, 5) is 0. The third-order valence-electron chi connectivity index (χ3n) is 2.25. The van der Waals surface area contributed by atoms with Crippen LogP contribution in [0.15, 0.2) is 12.1 Å². The van der Waals surface area contributed by atoms with Gasteiger partial charge in [0.1, 0.15) is 0 Å². The molecule has 12 heavy (non-hydrogen) atoms. The minimum atomic E-state index is 0.629. The van der Waals surface area contributed by atoms with E-state index in [1.807, 2.05) is 0 Å². The van der Waals surface area contributed by atoms with Gasteiger partial charge in [-0.3, -0.25) is 0 Å². The van der Waals surface area contributed by atoms with Gasteiger partial charge in [-0.2, -0.15) is 0 Å². The van der Waals surface area contributed by atoms with Crippen molar-refractivity contribution in [1.82, 2.24) is 0 Å². The molecule has 0 heterocycles. The van der Waals surface area contributed by atoms with Crippen LogP contribution in [-0.2, 0) is 0 Å². The molecule has 0 nitrogen and oxygen atoms in total. The lowest BCUT2D eigenvalue weighted by atomic mass is 9.96. The molecule has 0 N–H and O–H groups in total. The molecule has 0 radical (unpaired) electrons. The number of rotatable bonds is 1. The van der Waals surface area contributed by atoms with Gasteiger partial charge in [-0.05, 0) is 36.2 Å². The predicted molar refractivity (Wildman–Crippen MR) is 59.3 cm³/mol. The number of aryl methyl sites for hydroxylation is 1. The Morgan fingerprint density at radius 1 is 1.17 bits per heavy atom. The Hall–Kier alpha value is -0.350. The van der Waals surface area contributed by atoms with E-state index >= 15 is 0 Å². The highest BCUT2D eigenvalue weighted by molar-refractivity contribution is 7.27. The largest absolute Gasteiger partial charge is 0.105 e. The van der Waals surface area contributed by atoms with Gasteiger partial charge in [0.15, 0.2) is 0 Å². The second kappa shape index (κ2) is 3.58. The fraction of sp³-hybridized carbons (Fsp3) is 0.455. The molecular formula is C11H17P. The van der Waals surface area contributed by atoms with Gasteiger partial charge in [-0.1, -0.05) is 31.5 Å². The standard InChI is InChI=1S/C11H17P/c1-7(2)10-5-8(3)6-11(12)9(10)4/h5-7H,12H2,1-4H3. The second-order valence-corrected chi connectivity index (χ2v) is 4.35. The zero-order valence-electron chi connectivity index (χ0n) is 8.31. The Morgan fingerprint density at radius 2 is 1.75 bits per heavy atom. The third-order valence-corrected chi connectivity index (χ3v) is 2.85. The summed E-state index contributed by atoms with van der Waals surface area (Å²) in [6.07, 6.45) is 0. The highest BCUT2D eigenvalue weighted by atomic mass is 31.0. The van der Waals surface area contributed by atoms with Crippen LogP contribution in [-0.4, -0.2) is 0 Å². The zero-order chi connectivity index (χ0) is 9.30. The Labute approximate surface area is 77.6 Å². The van der Waals surface area contributed by atoms with E-state index in [2.05, 4.69) is 49.1 Å². The Morgan fingerprint density at radius 3 is 2.25 bits per heavy atom. The van der Waals surface area contributed by atoms with Gasteiger partial charge >= 0.3 is 0 Å². The van der Waals surface area contributed by atoms with Crippen LogP contribution < -0.4 is 5.30 Å². The molecule has 0 aliphatic carbocycles. The fourth-order valence-electron chi connectivity index (χ4n) is 1.52. The maximum atomic E-state index is 2.80. The molecule has 1 heteroatoms. The molecule has 0 aliphatic heterocycles. The molecule has 0 aliphatic rings. The van der Waals surface area contributed by atoms with Crippen molar-refractivity contribution < 1.29 is 0 Å². The number of benzene rings is 1. The first kappa shape index (κ1) is 9.74. The molecule has 0 saturated heterocycles. The van der Waals surface area contributed by atoms with Crippen LogP contribution in [0.3, 0.4) is 0 Å². The molecule has 0 saturated carbocycles. The molecule has 0 fully saturated rings. The molecule has 0 aromatic heterocycles. The van der Waals surface area contributed by atoms with Crippen LogP contribution in [0.25, 0.3) is 0 Å². The minimum absolute atomic E-state index is 0.629. The summed E-state index contributed by atoms with van der Waals surface area (Å²) < 4.78 is 0. The van der Waals surface area contributed by atoms with E-state index in [1.165, 1.54) is 22.0 Å². The van der Waals surface area contributed by atoms with Crippen molar-refractivity contribution in [2.75, 3.05) is 0 Å². The number of hydrogen-bond donors (Lipinski definition) is 0. The summed E-state index contributed by atoms with van der Waals surface area (Å²) in [6.45, 7) is 8.83. The zero-order valence-corrected chi connectivity index (χ0v) is 9.46. The molecule has 0 amide bonds. The van der Waals surface area contributed by atoms with Crippen LogP contribution in [0.2, 0.25) is 0 Å². The van der Waals surface area contributed by atoms with Crippen molar-refractivity contribution in [1.29, 1.82) is 0 Å². The van der Waals surface area contributed by atoms with Crippen molar-refractivity contribution in [3.05, 3.63) is 28.8 Å². The van der Waals surface area contributed by atoms with Crippen LogP contribution in [0.5, 0.6) is 0 Å². The first-order valence-electron chi connectivity index (χ1n) is 4.39. The summed E-state index contributed by atoms with van der Waals surface area (Å²) >= 11 is 0. The van der Waals surface area contributed by atoms with Gasteiger partial charge in [-0.25, -0.2) is 0 Å². The Balaban J connectivity index is 3.28. The van der Waals surface area contributed by atoms with Crippen molar-refractivity contribution >= 4 is 14.5 Å². The van der Waals surface area contributed by atoms with Gasteiger partial charge in [0.2, 0.25) is 0 Å². The second-order valence-electron chi connectivity index (χ2n) is 3.72. The highest BCUT2D eigenvalue weighted by Crippen LogP contribution is 2.19. The third kappa shape index (κ3) is 1.87. The average molecular weight is 180 g/mol. The van der Waals surface area contributed by atoms with Crippen LogP contribution in [0.4, 0.5) is 0 Å². The van der Waals surface area contributed by atoms with Crippen LogP contribution in [0, 0.1) is 13.8 Å². The van der Waals surface area contributed by atoms with Crippen LogP contribution >= 0.6 is 9.24 Å². The van der Waals surface area contributed by atoms with Gasteiger partial charge < -0.3 is 0 Å². The van der Waals surface area contributed by atoms with Crippen molar-refractivity contribution in [2.24, 2.45) is 0 Å². The summed E-state index contributed by atoms with van der Waals surface area (Å²) in [5.41, 5.74) is 4.25. The van der Waals surface area contributed by atoms with Crippen molar-refractivity contribution in [2.45, 2.75) is 33.6 Å². The maximum Gasteiger partial charge on any atom is -0.0216 e. The predicted octanol–water partition coefficient (Wildman–Crippen LogP) is 2.93. The van der Waals surface area contributed by atoms with Gasteiger partial charge in [-0.15, -0.1) is 9.24 Å². The van der Waals surface area contributed by atoms with E-state index < -0.39 is 0 Å². The number of hydrogen-bond acceptors (Lipinski definition) is 0. The maximum absolute atomic E-state index is 2.80. The first-order valence-corrected chi connectivity index (χ1v) is 4.96. The molecule has 1 unspecified atom stereocenters. The molecule has 1 aromatic carbocycles. The van der Waals surface area contributed by atoms with Crippen LogP contribution in [0.1, 0.15) is 36.5 Å². The van der Waals surface area contributed by atoms with E-state index in [0.29, 0.717) is 5.92 Å². The Kier molecular flexibility index (Phi) is 2.90. The Bertz CT molecular complexity index is 287. The lowest BCUT2D eigenvalue weighted by Gasteiger charge is -2.13. The topological polar surface area (TPSA) is 0 Å². The van der Waals surface area contributed by atoms with Crippen molar-refractivity contribution in [3.63, 3.8) is 0 Å². The van der Waals surface area contributed by atoms with E-state index in [0.717, 1.165) is 0 Å². The summed E-state index contributed by atoms with van der Waals surface area (Å²) in [5.74, 6) is 0.629. The quantitative estimate of drug-likeness (QED) is 0.583. The minimum Gasteiger partial charge on any atom is -0.105 e. The summed E-state index contributed by atoms with van der Waals surface area (Å²) in [6, 6.07) is 4.50. The van der Waals surface area contributed by atoms with E-state index in [1.54, 1.807) is 0 Å². The molecular weight excluding hydrogens is 163 g/mol. The highest BCUT2D eigenvalue weighted by Gasteiger charge is 2.05. The monoisotopic (exact) mass is 180 g/mol. The SMILES string of the molecule is Cc1cc(P)c(C)c(C(C)C)c1. The molecule has 1 aromatic rings. The summed E-state index contributed by atoms with van der Waals surface area (Å²) in [5, 5.41) is 1.33. The molecule has 1 atom stereocenters. The van der Waals surface area contributed by atoms with E-state index in [9.17, 15) is 0 Å². The molecule has 0 spiro atoms. The molecule has 66 valence electrons.